The van der Waals surface area contributed by atoms with E-state index in [0.29, 0.717) is 11.7 Å². The van der Waals surface area contributed by atoms with E-state index < -0.39 is 0 Å². The fourth-order valence-corrected chi connectivity index (χ4v) is 1.83. The van der Waals surface area contributed by atoms with Gasteiger partial charge in [0.05, 0.1) is 0 Å². The van der Waals surface area contributed by atoms with Crippen molar-refractivity contribution in [3.8, 4) is 0 Å². The molecule has 1 amide bonds. The molecule has 5 heteroatoms. The maximum atomic E-state index is 11.7. The second-order valence-electron chi connectivity index (χ2n) is 3.75. The fourth-order valence-electron chi connectivity index (χ4n) is 1.83. The molecule has 0 radical (unpaired) electrons. The molecule has 0 aromatic carbocycles. The maximum absolute atomic E-state index is 11.7. The largest absolute Gasteiger partial charge is 0.368 e. The Bertz CT molecular complexity index is 360. The summed E-state index contributed by atoms with van der Waals surface area (Å²) in [6, 6.07) is 1.87. The third-order valence-corrected chi connectivity index (χ3v) is 2.60. The molecule has 2 rings (SSSR count). The summed E-state index contributed by atoms with van der Waals surface area (Å²) in [5.74, 6) is -0.0231. The summed E-state index contributed by atoms with van der Waals surface area (Å²) in [7, 11) is 0. The number of nitrogens with two attached hydrogens (primary N) is 1. The molecule has 1 saturated carbocycles. The molecule has 80 valence electrons. The van der Waals surface area contributed by atoms with E-state index in [9.17, 15) is 4.79 Å². The Labute approximate surface area is 88.1 Å². The van der Waals surface area contributed by atoms with Crippen LogP contribution in [-0.4, -0.2) is 21.9 Å². The number of nitrogen functional groups attached to an aromatic ring is 1. The highest BCUT2D eigenvalue weighted by atomic mass is 16.1. The normalized spacial score (nSPS) is 16.5. The lowest BCUT2D eigenvalue weighted by Gasteiger charge is -2.10. The minimum atomic E-state index is -0.156. The lowest BCUT2D eigenvalue weighted by atomic mass is 10.2. The van der Waals surface area contributed by atoms with E-state index in [1.54, 1.807) is 6.07 Å². The topological polar surface area (TPSA) is 80.9 Å². The van der Waals surface area contributed by atoms with Gasteiger partial charge in [-0.2, -0.15) is 0 Å². The first-order valence-electron chi connectivity index (χ1n) is 5.15. The Kier molecular flexibility index (Phi) is 2.80. The summed E-state index contributed by atoms with van der Waals surface area (Å²) in [6.45, 7) is 0. The van der Waals surface area contributed by atoms with Gasteiger partial charge >= 0.3 is 0 Å². The maximum Gasteiger partial charge on any atom is 0.270 e. The summed E-state index contributed by atoms with van der Waals surface area (Å²) < 4.78 is 0. The van der Waals surface area contributed by atoms with Crippen molar-refractivity contribution in [3.63, 3.8) is 0 Å². The molecular weight excluding hydrogens is 192 g/mol. The van der Waals surface area contributed by atoms with Gasteiger partial charge in [-0.1, -0.05) is 12.8 Å². The minimum Gasteiger partial charge on any atom is -0.368 e. The third-order valence-electron chi connectivity index (χ3n) is 2.60. The Hall–Kier alpha value is -1.65. The molecule has 0 saturated heterocycles. The summed E-state index contributed by atoms with van der Waals surface area (Å²) in [6.07, 6.45) is 6.00. The predicted molar refractivity (Wildman–Crippen MR) is 56.2 cm³/mol. The molecule has 0 atom stereocenters. The van der Waals surface area contributed by atoms with Gasteiger partial charge in [-0.05, 0) is 18.9 Å². The fraction of sp³-hybridized carbons (Fsp3) is 0.500. The third kappa shape index (κ3) is 2.43. The van der Waals surface area contributed by atoms with Crippen molar-refractivity contribution in [2.75, 3.05) is 5.73 Å². The number of amides is 1. The lowest BCUT2D eigenvalue weighted by Crippen LogP contribution is -2.33. The van der Waals surface area contributed by atoms with Crippen LogP contribution >= 0.6 is 0 Å². The second kappa shape index (κ2) is 4.25. The molecule has 3 N–H and O–H groups in total. The van der Waals surface area contributed by atoms with Crippen molar-refractivity contribution in [1.29, 1.82) is 0 Å². The molecule has 0 spiro atoms. The Morgan fingerprint density at radius 1 is 1.47 bits per heavy atom. The number of nitrogens with zero attached hydrogens (tertiary/aromatic N) is 2. The number of carbonyl (C=O) groups is 1. The first-order chi connectivity index (χ1) is 7.25. The van der Waals surface area contributed by atoms with E-state index in [-0.39, 0.29) is 11.9 Å². The van der Waals surface area contributed by atoms with Crippen LogP contribution in [0.4, 0.5) is 5.95 Å². The number of hydrogen-bond acceptors (Lipinski definition) is 4. The van der Waals surface area contributed by atoms with Crippen LogP contribution in [0, 0.1) is 0 Å². The molecule has 15 heavy (non-hydrogen) atoms. The van der Waals surface area contributed by atoms with Crippen molar-refractivity contribution >= 4 is 11.9 Å². The zero-order valence-electron chi connectivity index (χ0n) is 8.44. The van der Waals surface area contributed by atoms with Gasteiger partial charge in [-0.25, -0.2) is 9.97 Å². The van der Waals surface area contributed by atoms with Crippen molar-refractivity contribution in [1.82, 2.24) is 15.3 Å². The average Bonchev–Trinajstić information content (AvgIpc) is 2.70. The van der Waals surface area contributed by atoms with Gasteiger partial charge < -0.3 is 11.1 Å². The van der Waals surface area contributed by atoms with Crippen molar-refractivity contribution in [2.45, 2.75) is 31.7 Å². The van der Waals surface area contributed by atoms with Gasteiger partial charge in [0.15, 0.2) is 0 Å². The molecule has 1 aromatic heterocycles. The smallest absolute Gasteiger partial charge is 0.270 e. The highest BCUT2D eigenvalue weighted by Crippen LogP contribution is 2.17. The van der Waals surface area contributed by atoms with Crippen LogP contribution in [0.25, 0.3) is 0 Å². The monoisotopic (exact) mass is 206 g/mol. The van der Waals surface area contributed by atoms with Crippen LogP contribution in [0.2, 0.25) is 0 Å². The molecule has 1 fully saturated rings. The molecule has 1 aromatic rings. The Balaban J connectivity index is 2.01. The number of nitrogens with one attached hydrogen (secondary N) is 1. The Morgan fingerprint density at radius 3 is 2.87 bits per heavy atom. The molecule has 0 aliphatic heterocycles. The van der Waals surface area contributed by atoms with E-state index in [1.807, 2.05) is 0 Å². The number of anilines is 1. The van der Waals surface area contributed by atoms with E-state index in [1.165, 1.54) is 19.0 Å². The number of hydrogen-bond donors (Lipinski definition) is 2. The number of rotatable bonds is 2. The first kappa shape index (κ1) is 9.89. The average molecular weight is 206 g/mol. The van der Waals surface area contributed by atoms with Gasteiger partial charge in [0.25, 0.3) is 5.91 Å². The summed E-state index contributed by atoms with van der Waals surface area (Å²) in [5, 5.41) is 2.94. The molecule has 1 heterocycles. The summed E-state index contributed by atoms with van der Waals surface area (Å²) in [4.78, 5) is 19.3. The zero-order chi connectivity index (χ0) is 10.7. The van der Waals surface area contributed by atoms with E-state index in [0.717, 1.165) is 12.8 Å². The van der Waals surface area contributed by atoms with Gasteiger partial charge in [-0.15, -0.1) is 0 Å². The standard InChI is InChI=1S/C10H14N4O/c11-10-12-6-5-8(14-10)9(15)13-7-3-1-2-4-7/h5-7H,1-4H2,(H,13,15)(H2,11,12,14). The van der Waals surface area contributed by atoms with Crippen molar-refractivity contribution in [3.05, 3.63) is 18.0 Å². The van der Waals surface area contributed by atoms with Gasteiger partial charge in [0, 0.05) is 12.2 Å². The van der Waals surface area contributed by atoms with Gasteiger partial charge in [0.2, 0.25) is 5.95 Å². The van der Waals surface area contributed by atoms with Gasteiger partial charge in [-0.3, -0.25) is 4.79 Å². The molecule has 0 unspecified atom stereocenters. The number of carbonyl (C=O) groups excluding carboxylic acids is 1. The number of aromatic nitrogens is 2. The summed E-state index contributed by atoms with van der Waals surface area (Å²) >= 11 is 0. The summed E-state index contributed by atoms with van der Waals surface area (Å²) in [5.41, 5.74) is 5.74. The molecular formula is C10H14N4O. The lowest BCUT2D eigenvalue weighted by molar-refractivity contribution is 0.0933. The van der Waals surface area contributed by atoms with E-state index in [4.69, 9.17) is 5.73 Å². The van der Waals surface area contributed by atoms with Crippen LogP contribution in [0.5, 0.6) is 0 Å². The SMILES string of the molecule is Nc1nccc(C(=O)NC2CCCC2)n1. The molecule has 1 aliphatic carbocycles. The van der Waals surface area contributed by atoms with Crippen LogP contribution in [0.3, 0.4) is 0 Å². The minimum absolute atomic E-state index is 0.133. The van der Waals surface area contributed by atoms with Crippen LogP contribution in [0.1, 0.15) is 36.2 Å². The highest BCUT2D eigenvalue weighted by molar-refractivity contribution is 5.92. The van der Waals surface area contributed by atoms with E-state index >= 15 is 0 Å². The Morgan fingerprint density at radius 2 is 2.20 bits per heavy atom. The second-order valence-corrected chi connectivity index (χ2v) is 3.75. The molecule has 1 aliphatic rings. The molecule has 5 nitrogen and oxygen atoms in total. The quantitative estimate of drug-likeness (QED) is 0.747. The predicted octanol–water partition coefficient (Wildman–Crippen LogP) is 0.731. The zero-order valence-corrected chi connectivity index (χ0v) is 8.44. The van der Waals surface area contributed by atoms with Crippen molar-refractivity contribution < 1.29 is 4.79 Å². The molecule has 0 bridgehead atoms. The van der Waals surface area contributed by atoms with Crippen LogP contribution in [0.15, 0.2) is 12.3 Å². The van der Waals surface area contributed by atoms with Crippen LogP contribution < -0.4 is 11.1 Å². The van der Waals surface area contributed by atoms with Gasteiger partial charge in [0.1, 0.15) is 5.69 Å². The van der Waals surface area contributed by atoms with Crippen LogP contribution in [-0.2, 0) is 0 Å². The first-order valence-corrected chi connectivity index (χ1v) is 5.15. The van der Waals surface area contributed by atoms with E-state index in [2.05, 4.69) is 15.3 Å². The highest BCUT2D eigenvalue weighted by Gasteiger charge is 2.18. The van der Waals surface area contributed by atoms with Crippen molar-refractivity contribution in [2.24, 2.45) is 0 Å².